The summed E-state index contributed by atoms with van der Waals surface area (Å²) >= 11 is 0. The predicted octanol–water partition coefficient (Wildman–Crippen LogP) is 1.82. The van der Waals surface area contributed by atoms with E-state index in [2.05, 4.69) is 15.3 Å². The van der Waals surface area contributed by atoms with Crippen LogP contribution < -0.4 is 10.2 Å². The quantitative estimate of drug-likeness (QED) is 0.548. The molecule has 0 radical (unpaired) electrons. The molecule has 1 N–H and O–H groups in total. The van der Waals surface area contributed by atoms with Crippen molar-refractivity contribution in [3.63, 3.8) is 0 Å². The first kappa shape index (κ1) is 15.4. The van der Waals surface area contributed by atoms with Gasteiger partial charge in [0, 0.05) is 26.2 Å². The zero-order chi connectivity index (χ0) is 15.2. The van der Waals surface area contributed by atoms with Gasteiger partial charge in [0.15, 0.2) is 0 Å². The monoisotopic (exact) mass is 295 g/mol. The minimum absolute atomic E-state index is 0.0555. The molecular weight excluding hydrogens is 274 g/mol. The maximum atomic E-state index is 11.2. The van der Waals surface area contributed by atoms with E-state index in [-0.39, 0.29) is 5.69 Å². The third kappa shape index (κ3) is 4.01. The van der Waals surface area contributed by atoms with E-state index in [0.717, 1.165) is 25.8 Å². The van der Waals surface area contributed by atoms with E-state index in [0.29, 0.717) is 31.0 Å². The Hall–Kier alpha value is -1.96. The fraction of sp³-hybridized carbons (Fsp3) is 0.692. The van der Waals surface area contributed by atoms with E-state index in [4.69, 9.17) is 4.74 Å². The summed E-state index contributed by atoms with van der Waals surface area (Å²) in [4.78, 5) is 21.1. The average molecular weight is 295 g/mol. The van der Waals surface area contributed by atoms with Gasteiger partial charge in [0.25, 0.3) is 0 Å². The number of hydrogen-bond acceptors (Lipinski definition) is 7. The van der Waals surface area contributed by atoms with E-state index in [1.165, 1.54) is 6.20 Å². The van der Waals surface area contributed by atoms with Crippen molar-refractivity contribution in [2.24, 2.45) is 0 Å². The van der Waals surface area contributed by atoms with Crippen LogP contribution in [-0.2, 0) is 4.74 Å². The summed E-state index contributed by atoms with van der Waals surface area (Å²) in [5.41, 5.74) is -0.0555. The summed E-state index contributed by atoms with van der Waals surface area (Å²) in [7, 11) is 1.62. The van der Waals surface area contributed by atoms with Crippen molar-refractivity contribution >= 4 is 17.5 Å². The molecule has 0 aromatic carbocycles. The fourth-order valence-electron chi connectivity index (χ4n) is 2.07. The molecule has 0 atom stereocenters. The second kappa shape index (κ2) is 7.16. The first-order chi connectivity index (χ1) is 10.2. The maximum Gasteiger partial charge on any atom is 0.329 e. The molecule has 0 amide bonds. The number of methoxy groups -OCH3 is 1. The van der Waals surface area contributed by atoms with E-state index >= 15 is 0 Å². The minimum Gasteiger partial charge on any atom is -0.383 e. The van der Waals surface area contributed by atoms with Gasteiger partial charge >= 0.3 is 5.69 Å². The topological polar surface area (TPSA) is 93.4 Å². The zero-order valence-electron chi connectivity index (χ0n) is 12.4. The highest BCUT2D eigenvalue weighted by molar-refractivity contribution is 5.60. The lowest BCUT2D eigenvalue weighted by atomic mass is 10.4. The van der Waals surface area contributed by atoms with Gasteiger partial charge in [-0.3, -0.25) is 10.1 Å². The molecule has 1 aromatic rings. The van der Waals surface area contributed by atoms with Crippen molar-refractivity contribution in [2.75, 3.05) is 37.0 Å². The van der Waals surface area contributed by atoms with E-state index in [1.807, 2.05) is 11.8 Å². The lowest BCUT2D eigenvalue weighted by Crippen LogP contribution is -2.31. The predicted molar refractivity (Wildman–Crippen MR) is 79.7 cm³/mol. The Morgan fingerprint density at radius 3 is 2.90 bits per heavy atom. The van der Waals surface area contributed by atoms with Gasteiger partial charge in [-0.15, -0.1) is 0 Å². The SMILES string of the molecule is CCCNc1ncc([N+](=O)[O-])c(N(CCOC)C2CC2)n1. The summed E-state index contributed by atoms with van der Waals surface area (Å²) in [5, 5.41) is 14.3. The summed E-state index contributed by atoms with van der Waals surface area (Å²) < 4.78 is 5.10. The van der Waals surface area contributed by atoms with Crippen LogP contribution in [0.25, 0.3) is 0 Å². The van der Waals surface area contributed by atoms with E-state index < -0.39 is 4.92 Å². The van der Waals surface area contributed by atoms with Crippen molar-refractivity contribution in [3.05, 3.63) is 16.3 Å². The molecule has 0 aliphatic heterocycles. The van der Waals surface area contributed by atoms with Crippen molar-refractivity contribution in [2.45, 2.75) is 32.2 Å². The molecular formula is C13H21N5O3. The lowest BCUT2D eigenvalue weighted by molar-refractivity contribution is -0.384. The van der Waals surface area contributed by atoms with Crippen LogP contribution >= 0.6 is 0 Å². The summed E-state index contributed by atoms with van der Waals surface area (Å²) in [6, 6.07) is 0.313. The summed E-state index contributed by atoms with van der Waals surface area (Å²) in [6.45, 7) is 3.87. The normalized spacial score (nSPS) is 14.0. The van der Waals surface area contributed by atoms with Crippen molar-refractivity contribution in [1.29, 1.82) is 0 Å². The van der Waals surface area contributed by atoms with Crippen LogP contribution in [0.3, 0.4) is 0 Å². The van der Waals surface area contributed by atoms with Gasteiger partial charge in [-0.05, 0) is 19.3 Å². The standard InChI is InChI=1S/C13H21N5O3/c1-3-6-14-13-15-9-11(18(19)20)12(16-13)17(7-8-21-2)10-4-5-10/h9-10H,3-8H2,1-2H3,(H,14,15,16). The van der Waals surface area contributed by atoms with Gasteiger partial charge in [0.2, 0.25) is 11.8 Å². The lowest BCUT2D eigenvalue weighted by Gasteiger charge is -2.23. The second-order valence-electron chi connectivity index (χ2n) is 5.00. The zero-order valence-corrected chi connectivity index (χ0v) is 12.4. The van der Waals surface area contributed by atoms with Gasteiger partial charge in [0.1, 0.15) is 6.20 Å². The number of ether oxygens (including phenoxy) is 1. The number of aromatic nitrogens is 2. The van der Waals surface area contributed by atoms with Gasteiger partial charge in [0.05, 0.1) is 11.5 Å². The highest BCUT2D eigenvalue weighted by Crippen LogP contribution is 2.35. The Kier molecular flexibility index (Phi) is 5.26. The van der Waals surface area contributed by atoms with E-state index in [1.54, 1.807) is 7.11 Å². The largest absolute Gasteiger partial charge is 0.383 e. The van der Waals surface area contributed by atoms with Crippen molar-refractivity contribution in [1.82, 2.24) is 9.97 Å². The van der Waals surface area contributed by atoms with Gasteiger partial charge in [-0.1, -0.05) is 6.92 Å². The molecule has 8 nitrogen and oxygen atoms in total. The number of hydrogen-bond donors (Lipinski definition) is 1. The minimum atomic E-state index is -0.429. The average Bonchev–Trinajstić information content (AvgIpc) is 3.30. The molecule has 0 bridgehead atoms. The molecule has 2 rings (SSSR count). The molecule has 1 fully saturated rings. The molecule has 0 spiro atoms. The molecule has 21 heavy (non-hydrogen) atoms. The molecule has 1 aliphatic rings. The number of nitrogens with zero attached hydrogens (tertiary/aromatic N) is 4. The summed E-state index contributed by atoms with van der Waals surface area (Å²) in [6.07, 6.45) is 4.28. The van der Waals surface area contributed by atoms with Crippen LogP contribution in [0.5, 0.6) is 0 Å². The number of anilines is 2. The van der Waals surface area contributed by atoms with Crippen LogP contribution in [0.4, 0.5) is 17.5 Å². The Labute approximate surface area is 123 Å². The molecule has 1 heterocycles. The summed E-state index contributed by atoms with van der Waals surface area (Å²) in [5.74, 6) is 0.814. The Bertz CT molecular complexity index is 493. The molecule has 1 aliphatic carbocycles. The van der Waals surface area contributed by atoms with Crippen LogP contribution in [0, 0.1) is 10.1 Å². The van der Waals surface area contributed by atoms with Gasteiger partial charge < -0.3 is 15.0 Å². The second-order valence-corrected chi connectivity index (χ2v) is 5.00. The Balaban J connectivity index is 2.28. The Morgan fingerprint density at radius 2 is 2.33 bits per heavy atom. The molecule has 1 saturated carbocycles. The highest BCUT2D eigenvalue weighted by Gasteiger charge is 2.34. The maximum absolute atomic E-state index is 11.2. The highest BCUT2D eigenvalue weighted by atomic mass is 16.6. The number of rotatable bonds is 9. The van der Waals surface area contributed by atoms with E-state index in [9.17, 15) is 10.1 Å². The van der Waals surface area contributed by atoms with Crippen LogP contribution in [0.15, 0.2) is 6.20 Å². The number of nitro groups is 1. The fourth-order valence-corrected chi connectivity index (χ4v) is 2.07. The van der Waals surface area contributed by atoms with Crippen molar-refractivity contribution < 1.29 is 9.66 Å². The molecule has 0 unspecified atom stereocenters. The number of nitrogens with one attached hydrogen (secondary N) is 1. The first-order valence-electron chi connectivity index (χ1n) is 7.18. The van der Waals surface area contributed by atoms with Gasteiger partial charge in [-0.2, -0.15) is 4.98 Å². The smallest absolute Gasteiger partial charge is 0.329 e. The van der Waals surface area contributed by atoms with Crippen LogP contribution in [0.2, 0.25) is 0 Å². The third-order valence-corrected chi connectivity index (χ3v) is 3.28. The van der Waals surface area contributed by atoms with Crippen LogP contribution in [-0.4, -0.2) is 47.7 Å². The first-order valence-corrected chi connectivity index (χ1v) is 7.18. The molecule has 1 aromatic heterocycles. The molecule has 0 saturated heterocycles. The van der Waals surface area contributed by atoms with Crippen LogP contribution in [0.1, 0.15) is 26.2 Å². The molecule has 116 valence electrons. The van der Waals surface area contributed by atoms with Crippen molar-refractivity contribution in [3.8, 4) is 0 Å². The van der Waals surface area contributed by atoms with Gasteiger partial charge in [-0.25, -0.2) is 4.98 Å². The molecule has 8 heteroatoms. The Morgan fingerprint density at radius 1 is 1.57 bits per heavy atom. The third-order valence-electron chi connectivity index (χ3n) is 3.28.